The van der Waals surface area contributed by atoms with Gasteiger partial charge in [0, 0.05) is 6.54 Å². The molecule has 0 aliphatic rings. The van der Waals surface area contributed by atoms with Gasteiger partial charge in [-0.3, -0.25) is 4.79 Å². The third kappa shape index (κ3) is 4.63. The zero-order chi connectivity index (χ0) is 16.0. The average Bonchev–Trinajstić information content (AvgIpc) is 2.98. The molecule has 118 valence electrons. The molecule has 0 fully saturated rings. The molecule has 0 saturated heterocycles. The number of amides is 1. The van der Waals surface area contributed by atoms with Crippen LogP contribution in [0.2, 0.25) is 0 Å². The molecule has 0 spiro atoms. The van der Waals surface area contributed by atoms with Gasteiger partial charge in [-0.05, 0) is 23.8 Å². The maximum Gasteiger partial charge on any atom is 0.416 e. The van der Waals surface area contributed by atoms with Gasteiger partial charge in [-0.1, -0.05) is 18.2 Å². The number of benzene rings is 1. The summed E-state index contributed by atoms with van der Waals surface area (Å²) in [6, 6.07) is 8.69. The second-order valence-corrected chi connectivity index (χ2v) is 4.61. The highest BCUT2D eigenvalue weighted by atomic mass is 19.4. The van der Waals surface area contributed by atoms with Crippen molar-refractivity contribution in [3.63, 3.8) is 0 Å². The number of nitrogens with one attached hydrogen (secondary N) is 2. The molecule has 0 radical (unpaired) electrons. The summed E-state index contributed by atoms with van der Waals surface area (Å²) in [6.07, 6.45) is -2.91. The summed E-state index contributed by atoms with van der Waals surface area (Å²) < 4.78 is 43.4. The van der Waals surface area contributed by atoms with Crippen LogP contribution in [0, 0.1) is 0 Å². The number of carbonyl (C=O) groups excluding carboxylic acids is 1. The van der Waals surface area contributed by atoms with Crippen molar-refractivity contribution < 1.29 is 22.4 Å². The number of alkyl halides is 3. The Kier molecular flexibility index (Phi) is 5.21. The number of carbonyl (C=O) groups is 1. The lowest BCUT2D eigenvalue weighted by Crippen LogP contribution is -2.33. The van der Waals surface area contributed by atoms with Crippen molar-refractivity contribution in [1.82, 2.24) is 10.6 Å². The van der Waals surface area contributed by atoms with Gasteiger partial charge < -0.3 is 15.1 Å². The van der Waals surface area contributed by atoms with Crippen LogP contribution in [0.15, 0.2) is 47.1 Å². The van der Waals surface area contributed by atoms with Crippen LogP contribution in [-0.4, -0.2) is 12.5 Å². The van der Waals surface area contributed by atoms with Crippen LogP contribution < -0.4 is 10.6 Å². The zero-order valence-corrected chi connectivity index (χ0v) is 11.6. The third-order valence-corrected chi connectivity index (χ3v) is 2.96. The van der Waals surface area contributed by atoms with Crippen LogP contribution in [-0.2, 0) is 24.1 Å². The molecule has 0 aliphatic carbocycles. The number of halogens is 3. The number of furan rings is 1. The Balaban J connectivity index is 1.80. The first-order valence-corrected chi connectivity index (χ1v) is 6.61. The minimum Gasteiger partial charge on any atom is -0.467 e. The normalized spacial score (nSPS) is 11.4. The quantitative estimate of drug-likeness (QED) is 0.862. The van der Waals surface area contributed by atoms with E-state index in [1.54, 1.807) is 12.1 Å². The molecule has 1 amide bonds. The molecule has 0 unspecified atom stereocenters. The van der Waals surface area contributed by atoms with E-state index in [1.165, 1.54) is 24.5 Å². The Morgan fingerprint density at radius 2 is 1.86 bits per heavy atom. The van der Waals surface area contributed by atoms with Gasteiger partial charge in [-0.25, -0.2) is 0 Å². The van der Waals surface area contributed by atoms with Gasteiger partial charge in [-0.2, -0.15) is 13.2 Å². The van der Waals surface area contributed by atoms with Crippen LogP contribution in [0.3, 0.4) is 0 Å². The Hall–Kier alpha value is -2.28. The summed E-state index contributed by atoms with van der Waals surface area (Å²) in [5, 5.41) is 5.30. The van der Waals surface area contributed by atoms with Crippen molar-refractivity contribution in [3.8, 4) is 0 Å². The van der Waals surface area contributed by atoms with Crippen LogP contribution in [0.4, 0.5) is 13.2 Å². The average molecular weight is 312 g/mol. The predicted octanol–water partition coefficient (Wildman–Crippen LogP) is 2.70. The van der Waals surface area contributed by atoms with E-state index in [-0.39, 0.29) is 31.1 Å². The van der Waals surface area contributed by atoms with Gasteiger partial charge in [0.1, 0.15) is 5.76 Å². The van der Waals surface area contributed by atoms with Crippen molar-refractivity contribution in [1.29, 1.82) is 0 Å². The van der Waals surface area contributed by atoms with Crippen molar-refractivity contribution in [2.75, 3.05) is 6.54 Å². The Labute approximate surface area is 125 Å². The van der Waals surface area contributed by atoms with Crippen LogP contribution in [0.25, 0.3) is 0 Å². The lowest BCUT2D eigenvalue weighted by Gasteiger charge is -2.13. The van der Waals surface area contributed by atoms with E-state index in [4.69, 9.17) is 4.42 Å². The SMILES string of the molecule is O=C(CNCc1ccccc1C(F)(F)F)NCc1ccco1. The van der Waals surface area contributed by atoms with Gasteiger partial charge in [0.05, 0.1) is 24.9 Å². The van der Waals surface area contributed by atoms with E-state index in [9.17, 15) is 18.0 Å². The molecular formula is C15H15F3N2O2. The molecule has 0 atom stereocenters. The second kappa shape index (κ2) is 7.13. The first-order valence-electron chi connectivity index (χ1n) is 6.61. The Morgan fingerprint density at radius 1 is 1.09 bits per heavy atom. The molecular weight excluding hydrogens is 297 g/mol. The summed E-state index contributed by atoms with van der Waals surface area (Å²) in [5.74, 6) is 0.289. The predicted molar refractivity (Wildman–Crippen MR) is 73.7 cm³/mol. The minimum atomic E-state index is -4.40. The smallest absolute Gasteiger partial charge is 0.416 e. The van der Waals surface area contributed by atoms with Gasteiger partial charge in [0.2, 0.25) is 5.91 Å². The Morgan fingerprint density at radius 3 is 2.55 bits per heavy atom. The first-order chi connectivity index (χ1) is 10.5. The molecule has 22 heavy (non-hydrogen) atoms. The van der Waals surface area contributed by atoms with E-state index in [2.05, 4.69) is 10.6 Å². The molecule has 2 rings (SSSR count). The molecule has 7 heteroatoms. The summed E-state index contributed by atoms with van der Waals surface area (Å²) in [5.41, 5.74) is -0.590. The molecule has 0 saturated carbocycles. The highest BCUT2D eigenvalue weighted by molar-refractivity contribution is 5.77. The van der Waals surface area contributed by atoms with E-state index >= 15 is 0 Å². The molecule has 0 aliphatic heterocycles. The van der Waals surface area contributed by atoms with Crippen LogP contribution in [0.1, 0.15) is 16.9 Å². The Bertz CT molecular complexity index is 610. The lowest BCUT2D eigenvalue weighted by atomic mass is 10.1. The van der Waals surface area contributed by atoms with Gasteiger partial charge in [0.25, 0.3) is 0 Å². The zero-order valence-electron chi connectivity index (χ0n) is 11.6. The van der Waals surface area contributed by atoms with Crippen molar-refractivity contribution in [2.45, 2.75) is 19.3 Å². The maximum absolute atomic E-state index is 12.8. The van der Waals surface area contributed by atoms with Crippen molar-refractivity contribution in [2.24, 2.45) is 0 Å². The van der Waals surface area contributed by atoms with Gasteiger partial charge in [-0.15, -0.1) is 0 Å². The van der Waals surface area contributed by atoms with Crippen LogP contribution >= 0.6 is 0 Å². The largest absolute Gasteiger partial charge is 0.467 e. The van der Waals surface area contributed by atoms with Crippen molar-refractivity contribution >= 4 is 5.91 Å². The first kappa shape index (κ1) is 16.1. The molecule has 1 aromatic heterocycles. The van der Waals surface area contributed by atoms with E-state index in [1.807, 2.05) is 0 Å². The molecule has 0 bridgehead atoms. The topological polar surface area (TPSA) is 54.3 Å². The number of rotatable bonds is 6. The lowest BCUT2D eigenvalue weighted by molar-refractivity contribution is -0.138. The standard InChI is InChI=1S/C15H15F3N2O2/c16-15(17,18)13-6-2-1-4-11(13)8-19-10-14(21)20-9-12-5-3-7-22-12/h1-7,19H,8-10H2,(H,20,21). The van der Waals surface area contributed by atoms with E-state index in [0.29, 0.717) is 5.76 Å². The fraction of sp³-hybridized carbons (Fsp3) is 0.267. The highest BCUT2D eigenvalue weighted by Gasteiger charge is 2.32. The monoisotopic (exact) mass is 312 g/mol. The highest BCUT2D eigenvalue weighted by Crippen LogP contribution is 2.31. The molecule has 2 N–H and O–H groups in total. The molecule has 1 heterocycles. The molecule has 1 aromatic carbocycles. The van der Waals surface area contributed by atoms with Crippen molar-refractivity contribution in [3.05, 3.63) is 59.5 Å². The summed E-state index contributed by atoms with van der Waals surface area (Å²) in [4.78, 5) is 11.6. The molecule has 4 nitrogen and oxygen atoms in total. The maximum atomic E-state index is 12.8. The van der Waals surface area contributed by atoms with E-state index < -0.39 is 11.7 Å². The molecule has 2 aromatic rings. The van der Waals surface area contributed by atoms with E-state index in [0.717, 1.165) is 6.07 Å². The second-order valence-electron chi connectivity index (χ2n) is 4.61. The fourth-order valence-corrected chi connectivity index (χ4v) is 1.92. The van der Waals surface area contributed by atoms with Gasteiger partial charge >= 0.3 is 6.18 Å². The number of hydrogen-bond donors (Lipinski definition) is 2. The summed E-state index contributed by atoms with van der Waals surface area (Å²) in [6.45, 7) is 0.128. The van der Waals surface area contributed by atoms with Crippen LogP contribution in [0.5, 0.6) is 0 Å². The minimum absolute atomic E-state index is 0.0378. The summed E-state index contributed by atoms with van der Waals surface area (Å²) in [7, 11) is 0. The fourth-order valence-electron chi connectivity index (χ4n) is 1.92. The number of hydrogen-bond acceptors (Lipinski definition) is 3. The summed E-state index contributed by atoms with van der Waals surface area (Å²) >= 11 is 0. The van der Waals surface area contributed by atoms with Gasteiger partial charge in [0.15, 0.2) is 0 Å². The third-order valence-electron chi connectivity index (χ3n) is 2.96.